The zero-order chi connectivity index (χ0) is 27.5. The maximum atomic E-state index is 12.9. The number of amides is 1. The molecule has 198 valence electrons. The lowest BCUT2D eigenvalue weighted by Gasteiger charge is -2.20. The van der Waals surface area contributed by atoms with Crippen molar-refractivity contribution in [2.24, 2.45) is 10.1 Å². The van der Waals surface area contributed by atoms with Gasteiger partial charge in [-0.25, -0.2) is 0 Å². The largest absolute Gasteiger partial charge is 0.493 e. The van der Waals surface area contributed by atoms with E-state index in [2.05, 4.69) is 32.7 Å². The maximum Gasteiger partial charge on any atom is 0.283 e. The highest BCUT2D eigenvalue weighted by Crippen LogP contribution is 2.36. The summed E-state index contributed by atoms with van der Waals surface area (Å²) in [5.74, 6) is 1.38. The van der Waals surface area contributed by atoms with Gasteiger partial charge in [0.15, 0.2) is 17.3 Å². The van der Waals surface area contributed by atoms with Gasteiger partial charge in [-0.1, -0.05) is 42.0 Å². The number of ether oxygens (including phenoxy) is 3. The summed E-state index contributed by atoms with van der Waals surface area (Å²) in [6.45, 7) is 4.73. The normalized spacial score (nSPS) is 15.7. The first-order valence-electron chi connectivity index (χ1n) is 12.1. The molecule has 1 N–H and O–H groups in total. The predicted molar refractivity (Wildman–Crippen MR) is 163 cm³/mol. The second-order valence-corrected chi connectivity index (χ2v) is 11.0. The summed E-state index contributed by atoms with van der Waals surface area (Å²) < 4.78 is 18.1. The van der Waals surface area contributed by atoms with Crippen molar-refractivity contribution in [2.45, 2.75) is 13.8 Å². The smallest absolute Gasteiger partial charge is 0.283 e. The summed E-state index contributed by atoms with van der Waals surface area (Å²) in [4.78, 5) is 17.1. The number of halogens is 1. The number of thioether (sulfide) groups is 1. The Hall–Kier alpha value is -3.64. The fourth-order valence-corrected chi connectivity index (χ4v) is 5.62. The maximum absolute atomic E-state index is 12.9. The van der Waals surface area contributed by atoms with Gasteiger partial charge in [0, 0.05) is 5.56 Å². The van der Waals surface area contributed by atoms with Gasteiger partial charge in [-0.05, 0) is 89.7 Å². The lowest BCUT2D eigenvalue weighted by molar-refractivity contribution is -0.114. The molecule has 5 rings (SSSR count). The first kappa shape index (κ1) is 26.9. The van der Waals surface area contributed by atoms with E-state index in [0.29, 0.717) is 40.5 Å². The van der Waals surface area contributed by atoms with Crippen LogP contribution in [0.4, 0.5) is 0 Å². The predicted octanol–water partition coefficient (Wildman–Crippen LogP) is 6.04. The highest BCUT2D eigenvalue weighted by Gasteiger charge is 2.36. The van der Waals surface area contributed by atoms with Crippen LogP contribution in [-0.4, -0.2) is 47.3 Å². The van der Waals surface area contributed by atoms with E-state index in [0.717, 1.165) is 26.0 Å². The Morgan fingerprint density at radius 1 is 1.03 bits per heavy atom. The molecular formula is C29H25IN4O4S. The minimum absolute atomic E-state index is 0.0257. The number of hydrazone groups is 1. The van der Waals surface area contributed by atoms with E-state index < -0.39 is 5.91 Å². The minimum Gasteiger partial charge on any atom is -0.493 e. The van der Waals surface area contributed by atoms with Crippen molar-refractivity contribution in [3.63, 3.8) is 0 Å². The lowest BCUT2D eigenvalue weighted by atomic mass is 10.1. The molecule has 0 saturated heterocycles. The number of fused-ring (bicyclic) bond motifs is 1. The Balaban J connectivity index is 1.32. The van der Waals surface area contributed by atoms with Crippen molar-refractivity contribution in [1.82, 2.24) is 5.01 Å². The number of amidine groups is 2. The summed E-state index contributed by atoms with van der Waals surface area (Å²) >= 11 is 3.44. The number of methoxy groups -OCH3 is 1. The Labute approximate surface area is 244 Å². The summed E-state index contributed by atoms with van der Waals surface area (Å²) in [5, 5.41) is 15.7. The first-order chi connectivity index (χ1) is 18.8. The van der Waals surface area contributed by atoms with E-state index in [1.165, 1.54) is 16.8 Å². The van der Waals surface area contributed by atoms with Crippen LogP contribution >= 0.6 is 34.4 Å². The van der Waals surface area contributed by atoms with Crippen LogP contribution in [0.3, 0.4) is 0 Å². The molecule has 0 radical (unpaired) electrons. The fourth-order valence-electron chi connectivity index (χ4n) is 3.94. The number of hydrogen-bond donors (Lipinski definition) is 1. The molecule has 2 aliphatic rings. The van der Waals surface area contributed by atoms with Gasteiger partial charge in [0.05, 0.1) is 16.3 Å². The van der Waals surface area contributed by atoms with Crippen molar-refractivity contribution < 1.29 is 19.0 Å². The molecule has 0 fully saturated rings. The molecule has 0 bridgehead atoms. The number of carbonyl (C=O) groups is 1. The quantitative estimate of drug-likeness (QED) is 0.181. The van der Waals surface area contributed by atoms with Crippen molar-refractivity contribution >= 4 is 62.4 Å². The summed E-state index contributed by atoms with van der Waals surface area (Å²) in [6.07, 6.45) is 1.63. The van der Waals surface area contributed by atoms with E-state index in [9.17, 15) is 4.79 Å². The fraction of sp³-hybridized carbons (Fsp3) is 0.172. The number of rotatable bonds is 8. The zero-order valence-corrected chi connectivity index (χ0v) is 24.5. The van der Waals surface area contributed by atoms with Gasteiger partial charge in [0.25, 0.3) is 5.91 Å². The van der Waals surface area contributed by atoms with Gasteiger partial charge in [-0.3, -0.25) is 10.2 Å². The van der Waals surface area contributed by atoms with Gasteiger partial charge in [0.1, 0.15) is 24.0 Å². The zero-order valence-electron chi connectivity index (χ0n) is 21.5. The van der Waals surface area contributed by atoms with Crippen molar-refractivity contribution in [1.29, 1.82) is 5.41 Å². The van der Waals surface area contributed by atoms with Crippen molar-refractivity contribution in [3.8, 4) is 17.2 Å². The van der Waals surface area contributed by atoms with Crippen molar-refractivity contribution in [2.75, 3.05) is 20.3 Å². The second-order valence-electron chi connectivity index (χ2n) is 8.84. The second kappa shape index (κ2) is 11.6. The van der Waals surface area contributed by atoms with Crippen LogP contribution in [0.5, 0.6) is 17.2 Å². The average Bonchev–Trinajstić information content (AvgIpc) is 3.34. The number of benzene rings is 3. The third-order valence-electron chi connectivity index (χ3n) is 5.90. The van der Waals surface area contributed by atoms with E-state index in [1.54, 1.807) is 19.3 Å². The van der Waals surface area contributed by atoms with Crippen LogP contribution < -0.4 is 14.2 Å². The third kappa shape index (κ3) is 6.01. The monoisotopic (exact) mass is 652 g/mol. The molecule has 0 atom stereocenters. The summed E-state index contributed by atoms with van der Waals surface area (Å²) in [5.41, 5.74) is 4.00. The van der Waals surface area contributed by atoms with Crippen molar-refractivity contribution in [3.05, 3.63) is 92.1 Å². The highest BCUT2D eigenvalue weighted by molar-refractivity contribution is 14.1. The number of hydrogen-bond acceptors (Lipinski definition) is 7. The first-order valence-corrected chi connectivity index (χ1v) is 14.0. The number of aliphatic imine (C=N–C) groups is 1. The van der Waals surface area contributed by atoms with Crippen LogP contribution in [0.1, 0.15) is 22.3 Å². The summed E-state index contributed by atoms with van der Waals surface area (Å²) in [7, 11) is 1.56. The molecule has 0 unspecified atom stereocenters. The van der Waals surface area contributed by atoms with Gasteiger partial charge >= 0.3 is 0 Å². The molecule has 1 amide bonds. The molecule has 10 heteroatoms. The average molecular weight is 653 g/mol. The number of nitrogens with zero attached hydrogens (tertiary/aromatic N) is 3. The highest BCUT2D eigenvalue weighted by atomic mass is 127. The van der Waals surface area contributed by atoms with Gasteiger partial charge in [-0.2, -0.15) is 15.1 Å². The molecular weight excluding hydrogens is 627 g/mol. The Morgan fingerprint density at radius 2 is 1.79 bits per heavy atom. The van der Waals surface area contributed by atoms with Crippen LogP contribution in [-0.2, 0) is 4.79 Å². The number of aryl methyl sites for hydroxylation is 2. The van der Waals surface area contributed by atoms with Gasteiger partial charge in [0.2, 0.25) is 5.17 Å². The van der Waals surface area contributed by atoms with Crippen LogP contribution in [0.25, 0.3) is 6.08 Å². The molecule has 0 spiro atoms. The minimum atomic E-state index is -0.485. The third-order valence-corrected chi connectivity index (χ3v) is 7.66. The molecule has 2 heterocycles. The molecule has 0 aliphatic carbocycles. The van der Waals surface area contributed by atoms with E-state index in [-0.39, 0.29) is 11.4 Å². The molecule has 39 heavy (non-hydrogen) atoms. The number of nitrogens with one attached hydrogen (secondary N) is 1. The Bertz CT molecular complexity index is 1550. The molecule has 2 aliphatic heterocycles. The van der Waals surface area contributed by atoms with Gasteiger partial charge in [-0.15, -0.1) is 0 Å². The standard InChI is InChI=1S/C29H25IN4O4S/c1-17-7-9-20(10-8-17)28-33-34-26(31)22(27(35)32-29(34)39-28)14-19-15-23(30)25(24(16-19)36-3)38-12-11-37-21-6-4-5-18(2)13-21/h4-10,13-16,31H,11-12H2,1-3H3/b22-14-,31-26?. The van der Waals surface area contributed by atoms with E-state index in [4.69, 9.17) is 19.6 Å². The van der Waals surface area contributed by atoms with Crippen LogP contribution in [0, 0.1) is 22.8 Å². The SMILES string of the molecule is COc1cc(/C=C2/C(=N)N3N=C(c4ccc(C)cc4)SC3=NC2=O)cc(I)c1OCCOc1cccc(C)c1. The molecule has 0 saturated carbocycles. The topological polar surface area (TPSA) is 96.6 Å². The van der Waals surface area contributed by atoms with Crippen LogP contribution in [0.15, 0.2) is 76.3 Å². The summed E-state index contributed by atoms with van der Waals surface area (Å²) in [6, 6.07) is 19.4. The van der Waals surface area contributed by atoms with E-state index >= 15 is 0 Å². The molecule has 3 aromatic carbocycles. The molecule has 3 aromatic rings. The lowest BCUT2D eigenvalue weighted by Crippen LogP contribution is -2.35. The van der Waals surface area contributed by atoms with E-state index in [1.807, 2.05) is 68.4 Å². The van der Waals surface area contributed by atoms with Crippen LogP contribution in [0.2, 0.25) is 0 Å². The molecule has 8 nitrogen and oxygen atoms in total. The molecule has 0 aromatic heterocycles. The Morgan fingerprint density at radius 3 is 2.54 bits per heavy atom. The van der Waals surface area contributed by atoms with Gasteiger partial charge < -0.3 is 14.2 Å². The number of carbonyl (C=O) groups excluding carboxylic acids is 1. The Kier molecular flexibility index (Phi) is 8.03.